The highest BCUT2D eigenvalue weighted by molar-refractivity contribution is 8.00. The number of nitrogens with zero attached hydrogens (tertiary/aromatic N) is 2. The summed E-state index contributed by atoms with van der Waals surface area (Å²) in [5.74, 6) is -0.438. The van der Waals surface area contributed by atoms with E-state index in [1.54, 1.807) is 44.2 Å². The molecule has 0 bridgehead atoms. The number of rotatable bonds is 10. The molecule has 1 aliphatic heterocycles. The van der Waals surface area contributed by atoms with Gasteiger partial charge in [-0.3, -0.25) is 4.79 Å². The van der Waals surface area contributed by atoms with Gasteiger partial charge >= 0.3 is 0 Å². The van der Waals surface area contributed by atoms with Crippen molar-refractivity contribution in [1.29, 1.82) is 0 Å². The van der Waals surface area contributed by atoms with E-state index in [1.165, 1.54) is 33.1 Å². The second-order valence-corrected chi connectivity index (χ2v) is 11.1. The first-order valence-corrected chi connectivity index (χ1v) is 14.1. The minimum absolute atomic E-state index is 0.131. The van der Waals surface area contributed by atoms with Crippen LogP contribution in [0.25, 0.3) is 0 Å². The van der Waals surface area contributed by atoms with Crippen molar-refractivity contribution in [3.8, 4) is 0 Å². The second-order valence-electron chi connectivity index (χ2n) is 8.15. The number of halogens is 1. The van der Waals surface area contributed by atoms with Gasteiger partial charge in [-0.1, -0.05) is 13.8 Å². The molecule has 1 saturated heterocycles. The third-order valence-electron chi connectivity index (χ3n) is 6.08. The van der Waals surface area contributed by atoms with Gasteiger partial charge in [0.05, 0.1) is 54.7 Å². The monoisotopic (exact) mass is 509 g/mol. The molecule has 0 saturated carbocycles. The smallest absolute Gasteiger partial charge is 0.243 e. The Kier molecular flexibility index (Phi) is 9.35. The second kappa shape index (κ2) is 12.0. The maximum atomic E-state index is 13.1. The Morgan fingerprint density at radius 1 is 1.09 bits per heavy atom. The summed E-state index contributed by atoms with van der Waals surface area (Å²) >= 11 is 1.30. The van der Waals surface area contributed by atoms with Crippen molar-refractivity contribution in [2.75, 3.05) is 61.8 Å². The number of likely N-dealkylation sites (N-methyl/N-ethyl adjacent to an activating group) is 1. The maximum absolute atomic E-state index is 13.1. The summed E-state index contributed by atoms with van der Waals surface area (Å²) in [6.07, 6.45) is 0. The summed E-state index contributed by atoms with van der Waals surface area (Å²) in [5, 5.41) is 2.94. The van der Waals surface area contributed by atoms with Gasteiger partial charge < -0.3 is 15.1 Å². The zero-order chi connectivity index (χ0) is 24.7. The Hall–Kier alpha value is -2.14. The lowest BCUT2D eigenvalue weighted by Crippen LogP contribution is -3.14. The predicted octanol–water partition coefficient (Wildman–Crippen LogP) is 2.31. The van der Waals surface area contributed by atoms with E-state index in [0.29, 0.717) is 18.8 Å². The van der Waals surface area contributed by atoms with Crippen molar-refractivity contribution in [3.63, 3.8) is 0 Å². The lowest BCUT2D eigenvalue weighted by Gasteiger charge is -2.34. The first-order chi connectivity index (χ1) is 16.3. The van der Waals surface area contributed by atoms with E-state index in [1.807, 2.05) is 0 Å². The average molecular weight is 510 g/mol. The van der Waals surface area contributed by atoms with Crippen LogP contribution in [0.1, 0.15) is 20.8 Å². The quantitative estimate of drug-likeness (QED) is 0.481. The molecule has 34 heavy (non-hydrogen) atoms. The molecule has 7 nitrogen and oxygen atoms in total. The summed E-state index contributed by atoms with van der Waals surface area (Å²) in [4.78, 5) is 17.5. The summed E-state index contributed by atoms with van der Waals surface area (Å²) in [7, 11) is -3.66. The molecule has 0 aromatic heterocycles. The van der Waals surface area contributed by atoms with Crippen molar-refractivity contribution < 1.29 is 22.5 Å². The van der Waals surface area contributed by atoms with Crippen LogP contribution in [0.5, 0.6) is 0 Å². The average Bonchev–Trinajstić information content (AvgIpc) is 2.84. The molecule has 0 atom stereocenters. The van der Waals surface area contributed by atoms with Gasteiger partial charge in [0.25, 0.3) is 0 Å². The van der Waals surface area contributed by atoms with E-state index >= 15 is 0 Å². The summed E-state index contributed by atoms with van der Waals surface area (Å²) < 4.78 is 40.7. The number of benzene rings is 2. The van der Waals surface area contributed by atoms with Gasteiger partial charge in [-0.15, -0.1) is 11.8 Å². The molecule has 10 heteroatoms. The first kappa shape index (κ1) is 26.5. The lowest BCUT2D eigenvalue weighted by atomic mass is 10.2. The van der Waals surface area contributed by atoms with Gasteiger partial charge in [0.15, 0.2) is 0 Å². The van der Waals surface area contributed by atoms with Crippen LogP contribution in [-0.4, -0.2) is 70.2 Å². The predicted molar refractivity (Wildman–Crippen MR) is 136 cm³/mol. The molecule has 1 heterocycles. The van der Waals surface area contributed by atoms with Crippen molar-refractivity contribution >= 4 is 39.1 Å². The zero-order valence-corrected chi connectivity index (χ0v) is 21.6. The molecular formula is C24H34FN4O3S2+. The van der Waals surface area contributed by atoms with Crippen molar-refractivity contribution in [1.82, 2.24) is 4.31 Å². The number of piperazine rings is 1. The molecular weight excluding hydrogens is 475 g/mol. The van der Waals surface area contributed by atoms with Gasteiger partial charge in [-0.25, -0.2) is 12.8 Å². The number of amides is 1. The molecule has 0 spiro atoms. The van der Waals surface area contributed by atoms with Gasteiger partial charge in [0.1, 0.15) is 5.82 Å². The molecule has 2 aromatic rings. The Morgan fingerprint density at radius 3 is 2.32 bits per heavy atom. The largest absolute Gasteiger partial charge is 0.359 e. The number of anilines is 2. The fourth-order valence-electron chi connectivity index (χ4n) is 4.05. The van der Waals surface area contributed by atoms with Crippen LogP contribution in [0.2, 0.25) is 0 Å². The maximum Gasteiger partial charge on any atom is 0.243 e. The molecule has 1 amide bonds. The number of sulfonamides is 1. The Morgan fingerprint density at radius 2 is 1.74 bits per heavy atom. The lowest BCUT2D eigenvalue weighted by molar-refractivity contribution is -0.898. The van der Waals surface area contributed by atoms with Crippen LogP contribution in [0.15, 0.2) is 52.3 Å². The summed E-state index contributed by atoms with van der Waals surface area (Å²) in [5.41, 5.74) is 1.33. The molecule has 2 N–H and O–H groups in total. The topological polar surface area (TPSA) is 74.2 Å². The number of carbonyl (C=O) groups is 1. The van der Waals surface area contributed by atoms with Crippen molar-refractivity contribution in [3.05, 3.63) is 48.3 Å². The molecule has 0 unspecified atom stereocenters. The fourth-order valence-corrected chi connectivity index (χ4v) is 6.23. The number of carbonyl (C=O) groups excluding carboxylic acids is 1. The third kappa shape index (κ3) is 6.50. The van der Waals surface area contributed by atoms with Crippen LogP contribution in [0.4, 0.5) is 15.8 Å². The highest BCUT2D eigenvalue weighted by Crippen LogP contribution is 2.31. The van der Waals surface area contributed by atoms with Crippen molar-refractivity contribution in [2.24, 2.45) is 0 Å². The normalized spacial score (nSPS) is 15.0. The number of quaternary nitrogens is 1. The van der Waals surface area contributed by atoms with Gasteiger partial charge in [-0.05, 0) is 49.4 Å². The minimum atomic E-state index is -3.66. The standard InChI is InChI=1S/C24H33FN4O3S2/c1-4-27-13-15-28(16-14-27)23-12-11-21(34(31,32)29(5-2)6-3)17-22(23)26-24(30)18-33-20-9-7-19(25)8-10-20/h7-12,17H,4-6,13-16,18H2,1-3H3,(H,26,30)/p+1. The third-order valence-corrected chi connectivity index (χ3v) is 9.14. The van der Waals surface area contributed by atoms with Crippen LogP contribution in [-0.2, 0) is 14.8 Å². The zero-order valence-electron chi connectivity index (χ0n) is 20.0. The summed E-state index contributed by atoms with van der Waals surface area (Å²) in [6, 6.07) is 11.0. The Balaban J connectivity index is 1.84. The molecule has 0 radical (unpaired) electrons. The SMILES string of the molecule is CCN(CC)S(=O)(=O)c1ccc(N2CC[NH+](CC)CC2)c(NC(=O)CSc2ccc(F)cc2)c1. The van der Waals surface area contributed by atoms with E-state index in [0.717, 1.165) is 43.3 Å². The highest BCUT2D eigenvalue weighted by Gasteiger charge is 2.26. The minimum Gasteiger partial charge on any atom is -0.359 e. The fraction of sp³-hybridized carbons (Fsp3) is 0.458. The number of hydrogen-bond acceptors (Lipinski definition) is 5. The summed E-state index contributed by atoms with van der Waals surface area (Å²) in [6.45, 7) is 11.2. The van der Waals surface area contributed by atoms with Gasteiger partial charge in [0.2, 0.25) is 15.9 Å². The number of nitrogens with one attached hydrogen (secondary N) is 2. The van der Waals surface area contributed by atoms with Crippen molar-refractivity contribution in [2.45, 2.75) is 30.6 Å². The molecule has 0 aliphatic carbocycles. The van der Waals surface area contributed by atoms with Crippen LogP contribution in [0, 0.1) is 5.82 Å². The number of hydrogen-bond donors (Lipinski definition) is 2. The van der Waals surface area contributed by atoms with Gasteiger partial charge in [-0.2, -0.15) is 4.31 Å². The molecule has 1 aliphatic rings. The Labute approximate surface area is 206 Å². The highest BCUT2D eigenvalue weighted by atomic mass is 32.2. The first-order valence-electron chi connectivity index (χ1n) is 11.7. The number of thioether (sulfide) groups is 1. The Bertz CT molecular complexity index is 1070. The van der Waals surface area contributed by atoms with E-state index in [2.05, 4.69) is 17.1 Å². The van der Waals surface area contributed by atoms with Crippen LogP contribution in [0.3, 0.4) is 0 Å². The molecule has 1 fully saturated rings. The van der Waals surface area contributed by atoms with Gasteiger partial charge in [0, 0.05) is 18.0 Å². The molecule has 186 valence electrons. The molecule has 2 aromatic carbocycles. The van der Waals surface area contributed by atoms with E-state index in [9.17, 15) is 17.6 Å². The van der Waals surface area contributed by atoms with E-state index < -0.39 is 10.0 Å². The van der Waals surface area contributed by atoms with Crippen LogP contribution < -0.4 is 15.1 Å². The van der Waals surface area contributed by atoms with E-state index in [-0.39, 0.29) is 22.4 Å². The van der Waals surface area contributed by atoms with E-state index in [4.69, 9.17) is 0 Å². The molecule has 3 rings (SSSR count). The van der Waals surface area contributed by atoms with Crippen LogP contribution >= 0.6 is 11.8 Å².